The number of benzene rings is 1. The number of aryl methyl sites for hydroxylation is 1. The summed E-state index contributed by atoms with van der Waals surface area (Å²) in [6.45, 7) is 3.38. The first-order chi connectivity index (χ1) is 9.72. The van der Waals surface area contributed by atoms with E-state index in [2.05, 4.69) is 27.8 Å². The highest BCUT2D eigenvalue weighted by molar-refractivity contribution is 7.11. The molecule has 1 amide bonds. The molecule has 1 aliphatic rings. The lowest BCUT2D eigenvalue weighted by Crippen LogP contribution is -2.24. The first kappa shape index (κ1) is 13.1. The Hall–Kier alpha value is -1.88. The van der Waals surface area contributed by atoms with E-state index in [-0.39, 0.29) is 11.8 Å². The summed E-state index contributed by atoms with van der Waals surface area (Å²) in [5.74, 6) is 0.369. The highest BCUT2D eigenvalue weighted by Gasteiger charge is 2.23. The molecule has 3 rings (SSSR count). The molecule has 0 bridgehead atoms. The number of hydrogen-bond donors (Lipinski definition) is 2. The predicted molar refractivity (Wildman–Crippen MR) is 81.0 cm³/mol. The minimum Gasteiger partial charge on any atom is -0.384 e. The minimum atomic E-state index is 0.0968. The molecule has 0 spiro atoms. The van der Waals surface area contributed by atoms with E-state index in [9.17, 15) is 4.79 Å². The number of rotatable bonds is 4. The van der Waals surface area contributed by atoms with Crippen LogP contribution in [0.15, 0.2) is 30.5 Å². The Bertz CT molecular complexity index is 623. The van der Waals surface area contributed by atoms with Gasteiger partial charge in [0.1, 0.15) is 0 Å². The molecule has 1 atom stereocenters. The van der Waals surface area contributed by atoms with Crippen molar-refractivity contribution in [3.05, 3.63) is 45.9 Å². The van der Waals surface area contributed by atoms with Gasteiger partial charge in [-0.2, -0.15) is 0 Å². The van der Waals surface area contributed by atoms with Crippen LogP contribution >= 0.6 is 11.3 Å². The average molecular weight is 287 g/mol. The molecule has 2 aromatic rings. The van der Waals surface area contributed by atoms with E-state index in [0.717, 1.165) is 22.1 Å². The third-order valence-electron chi connectivity index (χ3n) is 3.50. The van der Waals surface area contributed by atoms with Crippen molar-refractivity contribution in [2.24, 2.45) is 0 Å². The van der Waals surface area contributed by atoms with Crippen molar-refractivity contribution in [2.75, 3.05) is 11.9 Å². The van der Waals surface area contributed by atoms with Crippen molar-refractivity contribution in [1.29, 1.82) is 0 Å². The van der Waals surface area contributed by atoms with Crippen LogP contribution in [-0.2, 0) is 11.3 Å². The predicted octanol–water partition coefficient (Wildman–Crippen LogP) is 2.67. The second-order valence-corrected chi connectivity index (χ2v) is 6.31. The lowest BCUT2D eigenvalue weighted by molar-refractivity contribution is -0.121. The van der Waals surface area contributed by atoms with E-state index in [1.165, 1.54) is 5.56 Å². The highest BCUT2D eigenvalue weighted by atomic mass is 32.1. The van der Waals surface area contributed by atoms with Gasteiger partial charge in [0.2, 0.25) is 5.91 Å². The number of para-hydroxylation sites is 1. The number of thiazole rings is 1. The third-order valence-corrected chi connectivity index (χ3v) is 4.41. The van der Waals surface area contributed by atoms with Crippen molar-refractivity contribution in [3.8, 4) is 0 Å². The van der Waals surface area contributed by atoms with Crippen molar-refractivity contribution < 1.29 is 4.79 Å². The molecule has 2 N–H and O–H groups in total. The van der Waals surface area contributed by atoms with Gasteiger partial charge in [0.25, 0.3) is 0 Å². The lowest BCUT2D eigenvalue weighted by Gasteiger charge is -2.10. The number of carbonyl (C=O) groups excluding carboxylic acids is 1. The molecule has 4 nitrogen and oxygen atoms in total. The van der Waals surface area contributed by atoms with E-state index >= 15 is 0 Å². The van der Waals surface area contributed by atoms with Gasteiger partial charge in [0.05, 0.1) is 11.6 Å². The molecule has 1 aromatic heterocycles. The zero-order valence-corrected chi connectivity index (χ0v) is 12.2. The largest absolute Gasteiger partial charge is 0.384 e. The summed E-state index contributed by atoms with van der Waals surface area (Å²) in [6, 6.07) is 8.20. The number of aromatic nitrogens is 1. The molecule has 2 heterocycles. The molecule has 0 fully saturated rings. The monoisotopic (exact) mass is 287 g/mol. The number of nitrogens with zero attached hydrogens (tertiary/aromatic N) is 1. The van der Waals surface area contributed by atoms with E-state index in [1.807, 2.05) is 25.3 Å². The zero-order chi connectivity index (χ0) is 13.9. The van der Waals surface area contributed by atoms with Gasteiger partial charge in [-0.15, -0.1) is 11.3 Å². The highest BCUT2D eigenvalue weighted by Crippen LogP contribution is 2.33. The fourth-order valence-electron chi connectivity index (χ4n) is 2.51. The first-order valence-electron chi connectivity index (χ1n) is 6.73. The molecule has 104 valence electrons. The smallest absolute Gasteiger partial charge is 0.220 e. The molecule has 20 heavy (non-hydrogen) atoms. The van der Waals surface area contributed by atoms with Crippen molar-refractivity contribution in [2.45, 2.75) is 25.8 Å². The average Bonchev–Trinajstić information content (AvgIpc) is 3.04. The number of anilines is 1. The number of carbonyl (C=O) groups is 1. The Morgan fingerprint density at radius 3 is 3.15 bits per heavy atom. The van der Waals surface area contributed by atoms with Gasteiger partial charge in [0.15, 0.2) is 0 Å². The van der Waals surface area contributed by atoms with Gasteiger partial charge in [-0.25, -0.2) is 4.98 Å². The molecular weight excluding hydrogens is 270 g/mol. The van der Waals surface area contributed by atoms with Crippen LogP contribution in [0, 0.1) is 6.92 Å². The van der Waals surface area contributed by atoms with Gasteiger partial charge in [0, 0.05) is 35.6 Å². The van der Waals surface area contributed by atoms with Gasteiger partial charge < -0.3 is 10.6 Å². The first-order valence-corrected chi connectivity index (χ1v) is 7.55. The second-order valence-electron chi connectivity index (χ2n) is 4.99. The standard InChI is InChI=1S/C15H17N3OS/c1-10-16-8-12(20-10)9-18-15(19)6-11-7-17-14-5-3-2-4-13(11)14/h2-5,8,11,17H,6-7,9H2,1H3,(H,18,19). The fraction of sp³-hybridized carbons (Fsp3) is 0.333. The van der Waals surface area contributed by atoms with Gasteiger partial charge in [-0.1, -0.05) is 18.2 Å². The maximum Gasteiger partial charge on any atom is 0.220 e. The van der Waals surface area contributed by atoms with E-state index in [4.69, 9.17) is 0 Å². The lowest BCUT2D eigenvalue weighted by atomic mass is 9.97. The zero-order valence-electron chi connectivity index (χ0n) is 11.3. The van der Waals surface area contributed by atoms with Crippen LogP contribution in [0.1, 0.15) is 27.8 Å². The topological polar surface area (TPSA) is 54.0 Å². The molecule has 5 heteroatoms. The van der Waals surface area contributed by atoms with Crippen LogP contribution in [0.5, 0.6) is 0 Å². The molecule has 0 radical (unpaired) electrons. The number of hydrogen-bond acceptors (Lipinski definition) is 4. The van der Waals surface area contributed by atoms with Gasteiger partial charge >= 0.3 is 0 Å². The summed E-state index contributed by atoms with van der Waals surface area (Å²) in [4.78, 5) is 17.3. The normalized spacial score (nSPS) is 16.6. The second kappa shape index (κ2) is 5.63. The summed E-state index contributed by atoms with van der Waals surface area (Å²) < 4.78 is 0. The molecule has 0 aliphatic carbocycles. The number of amides is 1. The van der Waals surface area contributed by atoms with Gasteiger partial charge in [-0.05, 0) is 18.6 Å². The Morgan fingerprint density at radius 2 is 2.35 bits per heavy atom. The number of nitrogens with one attached hydrogen (secondary N) is 2. The summed E-state index contributed by atoms with van der Waals surface area (Å²) >= 11 is 1.62. The molecule has 1 aliphatic heterocycles. The molecule has 1 unspecified atom stereocenters. The summed E-state index contributed by atoms with van der Waals surface area (Å²) in [7, 11) is 0. The maximum atomic E-state index is 12.0. The van der Waals surface area contributed by atoms with Crippen LogP contribution in [-0.4, -0.2) is 17.4 Å². The van der Waals surface area contributed by atoms with Crippen LogP contribution in [0.3, 0.4) is 0 Å². The molecule has 1 aromatic carbocycles. The van der Waals surface area contributed by atoms with Crippen LogP contribution in [0.25, 0.3) is 0 Å². The van der Waals surface area contributed by atoms with E-state index in [1.54, 1.807) is 11.3 Å². The van der Waals surface area contributed by atoms with Crippen LogP contribution in [0.4, 0.5) is 5.69 Å². The minimum absolute atomic E-state index is 0.0968. The molecular formula is C15H17N3OS. The molecule has 0 saturated heterocycles. The van der Waals surface area contributed by atoms with Crippen LogP contribution < -0.4 is 10.6 Å². The van der Waals surface area contributed by atoms with Gasteiger partial charge in [-0.3, -0.25) is 4.79 Å². The third kappa shape index (κ3) is 2.82. The van der Waals surface area contributed by atoms with Crippen molar-refractivity contribution in [1.82, 2.24) is 10.3 Å². The van der Waals surface area contributed by atoms with Crippen molar-refractivity contribution in [3.63, 3.8) is 0 Å². The summed E-state index contributed by atoms with van der Waals surface area (Å²) in [6.07, 6.45) is 2.36. The maximum absolute atomic E-state index is 12.0. The fourth-order valence-corrected chi connectivity index (χ4v) is 3.24. The Morgan fingerprint density at radius 1 is 1.50 bits per heavy atom. The Kier molecular flexibility index (Phi) is 3.69. The summed E-state index contributed by atoms with van der Waals surface area (Å²) in [5.41, 5.74) is 2.40. The van der Waals surface area contributed by atoms with Crippen LogP contribution in [0.2, 0.25) is 0 Å². The Balaban J connectivity index is 1.55. The SMILES string of the molecule is Cc1ncc(CNC(=O)CC2CNc3ccccc32)s1. The van der Waals surface area contributed by atoms with E-state index < -0.39 is 0 Å². The molecule has 0 saturated carbocycles. The quantitative estimate of drug-likeness (QED) is 0.909. The number of fused-ring (bicyclic) bond motifs is 1. The summed E-state index contributed by atoms with van der Waals surface area (Å²) in [5, 5.41) is 7.35. The van der Waals surface area contributed by atoms with Crippen molar-refractivity contribution >= 4 is 22.9 Å². The Labute approximate surface area is 122 Å². The van der Waals surface area contributed by atoms with E-state index in [0.29, 0.717) is 13.0 Å².